The lowest BCUT2D eigenvalue weighted by Crippen LogP contribution is -2.35. The van der Waals surface area contributed by atoms with Crippen LogP contribution in [0.25, 0.3) is 10.9 Å². The van der Waals surface area contributed by atoms with Crippen molar-refractivity contribution in [1.82, 2.24) is 9.88 Å². The number of benzene rings is 3. The van der Waals surface area contributed by atoms with E-state index in [0.717, 1.165) is 77.4 Å². The summed E-state index contributed by atoms with van der Waals surface area (Å²) in [6.07, 6.45) is 4.90. The zero-order valence-electron chi connectivity index (χ0n) is 23.4. The molecule has 2 atom stereocenters. The van der Waals surface area contributed by atoms with Crippen molar-refractivity contribution in [1.29, 1.82) is 0 Å². The molecule has 0 amide bonds. The number of hydrogen-bond donors (Lipinski definition) is 1. The summed E-state index contributed by atoms with van der Waals surface area (Å²) < 4.78 is 6.88. The van der Waals surface area contributed by atoms with Crippen LogP contribution in [0.2, 0.25) is 0 Å². The van der Waals surface area contributed by atoms with E-state index in [4.69, 9.17) is 9.72 Å². The standard InChI is InChI=1S/C34H41BrN2O2/c1-4-21-37(22-5-2)23-13-12-20-34(38,28-16-10-7-11-17-28)32(26-14-8-6-9-15-26)30-25-27-24-29(35)18-19-31(27)36-33(30)39-3/h6-11,14-19,24-25,32,38H,4-5,12-13,20-23H2,1-3H3. The monoisotopic (exact) mass is 588 g/mol. The van der Waals surface area contributed by atoms with Gasteiger partial charge in [0.05, 0.1) is 12.6 Å². The Hall–Kier alpha value is -2.73. The van der Waals surface area contributed by atoms with Gasteiger partial charge in [0.25, 0.3) is 0 Å². The molecule has 0 radical (unpaired) electrons. The van der Waals surface area contributed by atoms with Gasteiger partial charge in [-0.05, 0) is 87.1 Å². The zero-order chi connectivity index (χ0) is 27.7. The second-order valence-electron chi connectivity index (χ2n) is 10.4. The highest BCUT2D eigenvalue weighted by Crippen LogP contribution is 2.48. The van der Waals surface area contributed by atoms with Crippen LogP contribution < -0.4 is 4.74 Å². The molecule has 206 valence electrons. The first-order valence-corrected chi connectivity index (χ1v) is 15.0. The van der Waals surface area contributed by atoms with E-state index in [1.165, 1.54) is 0 Å². The second kappa shape index (κ2) is 14.1. The number of methoxy groups -OCH3 is 1. The molecule has 0 bridgehead atoms. The molecule has 2 unspecified atom stereocenters. The molecule has 1 aromatic heterocycles. The van der Waals surface area contributed by atoms with Crippen molar-refractivity contribution in [3.05, 3.63) is 106 Å². The van der Waals surface area contributed by atoms with Gasteiger partial charge in [-0.1, -0.05) is 90.4 Å². The van der Waals surface area contributed by atoms with Gasteiger partial charge in [-0.2, -0.15) is 0 Å². The molecule has 1 heterocycles. The fraction of sp³-hybridized carbons (Fsp3) is 0.382. The second-order valence-corrected chi connectivity index (χ2v) is 11.3. The predicted octanol–water partition coefficient (Wildman–Crippen LogP) is 8.32. The Kier molecular flexibility index (Phi) is 10.6. The molecule has 4 aromatic rings. The summed E-state index contributed by atoms with van der Waals surface area (Å²) in [5, 5.41) is 13.9. The highest BCUT2D eigenvalue weighted by molar-refractivity contribution is 9.10. The number of fused-ring (bicyclic) bond motifs is 1. The minimum atomic E-state index is -1.16. The first-order valence-electron chi connectivity index (χ1n) is 14.2. The van der Waals surface area contributed by atoms with Crippen molar-refractivity contribution < 1.29 is 9.84 Å². The molecule has 5 heteroatoms. The molecular weight excluding hydrogens is 548 g/mol. The quantitative estimate of drug-likeness (QED) is 0.150. The third-order valence-electron chi connectivity index (χ3n) is 7.52. The van der Waals surface area contributed by atoms with Crippen molar-refractivity contribution in [2.24, 2.45) is 0 Å². The van der Waals surface area contributed by atoms with Crippen LogP contribution in [0, 0.1) is 0 Å². The topological polar surface area (TPSA) is 45.6 Å². The first kappa shape index (κ1) is 29.3. The van der Waals surface area contributed by atoms with E-state index in [9.17, 15) is 5.11 Å². The van der Waals surface area contributed by atoms with Crippen molar-refractivity contribution in [2.75, 3.05) is 26.7 Å². The maximum absolute atomic E-state index is 12.9. The lowest BCUT2D eigenvalue weighted by atomic mass is 9.71. The Bertz CT molecular complexity index is 1310. The van der Waals surface area contributed by atoms with Gasteiger partial charge in [-0.25, -0.2) is 4.98 Å². The number of ether oxygens (including phenoxy) is 1. The van der Waals surface area contributed by atoms with E-state index >= 15 is 0 Å². The molecule has 4 rings (SSSR count). The van der Waals surface area contributed by atoms with Crippen LogP contribution in [-0.4, -0.2) is 41.7 Å². The zero-order valence-corrected chi connectivity index (χ0v) is 25.0. The summed E-state index contributed by atoms with van der Waals surface area (Å²) in [4.78, 5) is 7.43. The maximum Gasteiger partial charge on any atom is 0.217 e. The number of aliphatic hydroxyl groups is 1. The van der Waals surface area contributed by atoms with Gasteiger partial charge in [0.2, 0.25) is 5.88 Å². The fourth-order valence-corrected chi connectivity index (χ4v) is 6.13. The van der Waals surface area contributed by atoms with Gasteiger partial charge in [-0.15, -0.1) is 0 Å². The molecule has 0 aliphatic carbocycles. The van der Waals surface area contributed by atoms with Crippen molar-refractivity contribution in [3.63, 3.8) is 0 Å². The normalized spacial score (nSPS) is 13.9. The molecule has 39 heavy (non-hydrogen) atoms. The summed E-state index contributed by atoms with van der Waals surface area (Å²) in [6, 6.07) is 28.6. The van der Waals surface area contributed by atoms with Crippen LogP contribution >= 0.6 is 15.9 Å². The lowest BCUT2D eigenvalue weighted by molar-refractivity contribution is 0.00655. The summed E-state index contributed by atoms with van der Waals surface area (Å²) in [7, 11) is 1.66. The SMILES string of the molecule is CCCN(CCC)CCCCC(O)(c1ccccc1)C(c1ccccc1)c1cc2cc(Br)ccc2nc1OC. The van der Waals surface area contributed by atoms with Crippen LogP contribution in [-0.2, 0) is 5.60 Å². The molecule has 3 aromatic carbocycles. The van der Waals surface area contributed by atoms with E-state index in [2.05, 4.69) is 58.9 Å². The summed E-state index contributed by atoms with van der Waals surface area (Å²) >= 11 is 3.61. The minimum Gasteiger partial charge on any atom is -0.481 e. The number of hydrogen-bond acceptors (Lipinski definition) is 4. The molecule has 0 fully saturated rings. The van der Waals surface area contributed by atoms with Crippen LogP contribution in [0.1, 0.15) is 68.6 Å². The summed E-state index contributed by atoms with van der Waals surface area (Å²) in [6.45, 7) is 7.78. The van der Waals surface area contributed by atoms with E-state index < -0.39 is 5.60 Å². The third-order valence-corrected chi connectivity index (χ3v) is 8.01. The van der Waals surface area contributed by atoms with Crippen molar-refractivity contribution >= 4 is 26.8 Å². The highest BCUT2D eigenvalue weighted by Gasteiger charge is 2.42. The fourth-order valence-electron chi connectivity index (χ4n) is 5.75. The van der Waals surface area contributed by atoms with E-state index in [1.54, 1.807) is 7.11 Å². The number of pyridine rings is 1. The maximum atomic E-state index is 12.9. The lowest BCUT2D eigenvalue weighted by Gasteiger charge is -2.38. The highest BCUT2D eigenvalue weighted by atomic mass is 79.9. The number of aromatic nitrogens is 1. The van der Waals surface area contributed by atoms with Gasteiger partial charge >= 0.3 is 0 Å². The molecule has 0 aliphatic rings. The Balaban J connectivity index is 1.80. The van der Waals surface area contributed by atoms with Gasteiger partial charge in [-0.3, -0.25) is 0 Å². The first-order chi connectivity index (χ1) is 19.0. The predicted molar refractivity (Wildman–Crippen MR) is 165 cm³/mol. The Morgan fingerprint density at radius 1 is 0.872 bits per heavy atom. The van der Waals surface area contributed by atoms with Gasteiger partial charge in [0, 0.05) is 21.3 Å². The minimum absolute atomic E-state index is 0.366. The summed E-state index contributed by atoms with van der Waals surface area (Å²) in [5.41, 5.74) is 2.54. The van der Waals surface area contributed by atoms with Gasteiger partial charge < -0.3 is 14.7 Å². The van der Waals surface area contributed by atoms with Gasteiger partial charge in [0.15, 0.2) is 0 Å². The molecular formula is C34H41BrN2O2. The van der Waals surface area contributed by atoms with Crippen LogP contribution in [0.4, 0.5) is 0 Å². The Morgan fingerprint density at radius 3 is 2.18 bits per heavy atom. The van der Waals surface area contributed by atoms with Crippen molar-refractivity contribution in [2.45, 2.75) is 57.5 Å². The number of unbranched alkanes of at least 4 members (excludes halogenated alkanes) is 1. The molecule has 0 saturated heterocycles. The average molecular weight is 590 g/mol. The number of nitrogens with zero attached hydrogens (tertiary/aromatic N) is 2. The molecule has 0 aliphatic heterocycles. The van der Waals surface area contributed by atoms with Crippen LogP contribution in [0.3, 0.4) is 0 Å². The molecule has 0 saturated carbocycles. The largest absolute Gasteiger partial charge is 0.481 e. The van der Waals surface area contributed by atoms with E-state index in [0.29, 0.717) is 12.3 Å². The van der Waals surface area contributed by atoms with Crippen molar-refractivity contribution in [3.8, 4) is 5.88 Å². The Labute approximate surface area is 242 Å². The van der Waals surface area contributed by atoms with E-state index in [1.807, 2.05) is 60.7 Å². The van der Waals surface area contributed by atoms with E-state index in [-0.39, 0.29) is 5.92 Å². The van der Waals surface area contributed by atoms with Crippen LogP contribution in [0.15, 0.2) is 89.4 Å². The molecule has 4 nitrogen and oxygen atoms in total. The average Bonchev–Trinajstić information content (AvgIpc) is 2.96. The molecule has 0 spiro atoms. The Morgan fingerprint density at radius 2 is 1.54 bits per heavy atom. The molecule has 1 N–H and O–H groups in total. The third kappa shape index (κ3) is 7.08. The number of halogens is 1. The summed E-state index contributed by atoms with van der Waals surface area (Å²) in [5.74, 6) is 0.180. The smallest absolute Gasteiger partial charge is 0.217 e. The van der Waals surface area contributed by atoms with Gasteiger partial charge in [0.1, 0.15) is 5.60 Å². The van der Waals surface area contributed by atoms with Crippen LogP contribution in [0.5, 0.6) is 5.88 Å². The number of rotatable bonds is 14.